The summed E-state index contributed by atoms with van der Waals surface area (Å²) in [7, 11) is 0. The van der Waals surface area contributed by atoms with Crippen molar-refractivity contribution in [2.75, 3.05) is 0 Å². The van der Waals surface area contributed by atoms with Crippen molar-refractivity contribution in [3.05, 3.63) is 0 Å². The fraction of sp³-hybridized carbons (Fsp3) is 0. The van der Waals surface area contributed by atoms with Crippen molar-refractivity contribution in [2.24, 2.45) is 0 Å². The molecule has 0 aliphatic carbocycles. The van der Waals surface area contributed by atoms with E-state index in [9.17, 15) is 0 Å². The largest absolute Gasteiger partial charge is 0 e. The Bertz CT molecular complexity index is 21.8. The molecule has 0 aliphatic rings. The van der Waals surface area contributed by atoms with Crippen LogP contribution < -0.4 is 0 Å². The molecule has 9 heavy (non-hydrogen) atoms. The summed E-state index contributed by atoms with van der Waals surface area (Å²) in [4.78, 5) is 0. The van der Waals surface area contributed by atoms with Crippen molar-refractivity contribution < 1.29 is 69.1 Å². The maximum atomic E-state index is 8.34. The van der Waals surface area contributed by atoms with E-state index in [0.717, 1.165) is 0 Å². The number of hydrogen-bond acceptors (Lipinski definition) is 3. The Morgan fingerprint density at radius 2 is 0.667 bits per heavy atom. The van der Waals surface area contributed by atoms with Crippen LogP contribution in [-0.2, 0) is 69.1 Å². The first-order valence-electron chi connectivity index (χ1n) is 0.781. The summed E-state index contributed by atoms with van der Waals surface area (Å²) in [5.41, 5.74) is 0. The maximum Gasteiger partial charge on any atom is 0 e. The van der Waals surface area contributed by atoms with E-state index in [2.05, 4.69) is 0 Å². The van der Waals surface area contributed by atoms with Crippen molar-refractivity contribution >= 4 is 55.0 Å². The molecular formula is H2Al2O3SnZn3. The first kappa shape index (κ1) is 40.0. The van der Waals surface area contributed by atoms with Crippen LogP contribution in [0.25, 0.3) is 0 Å². The first-order chi connectivity index (χ1) is 3.00. The molecule has 2 radical (unpaired) electrons. The van der Waals surface area contributed by atoms with E-state index in [1.807, 2.05) is 0 Å². The number of rotatable bonds is 0. The monoisotopic (exact) mass is 416 g/mol. The Kier molecular flexibility index (Phi) is 517. The first-order valence-corrected chi connectivity index (χ1v) is 3.10. The topological polar surface area (TPSA) is 51.2 Å². The van der Waals surface area contributed by atoms with E-state index in [1.54, 1.807) is 0 Å². The van der Waals surface area contributed by atoms with Gasteiger partial charge in [0.1, 0.15) is 0 Å². The van der Waals surface area contributed by atoms with Gasteiger partial charge in [-0.15, -0.1) is 0 Å². The molecule has 0 saturated carbocycles. The normalized spacial score (nSPS) is 1.11. The second kappa shape index (κ2) is 116. The van der Waals surface area contributed by atoms with E-state index >= 15 is 0 Å². The second-order valence-electron chi connectivity index (χ2n) is 0. The van der Waals surface area contributed by atoms with Crippen LogP contribution in [0.3, 0.4) is 0 Å². The van der Waals surface area contributed by atoms with Crippen LogP contribution in [0, 0.1) is 0 Å². The average molecular weight is 419 g/mol. The Labute approximate surface area is 122 Å². The van der Waals surface area contributed by atoms with Gasteiger partial charge < -0.3 is 0 Å². The predicted molar refractivity (Wildman–Crippen MR) is 22.1 cm³/mol. The molecule has 0 atom stereocenters. The van der Waals surface area contributed by atoms with Gasteiger partial charge in [0.05, 0.1) is 0 Å². The van der Waals surface area contributed by atoms with Crippen LogP contribution in [0.2, 0.25) is 0 Å². The summed E-state index contributed by atoms with van der Waals surface area (Å²) < 4.78 is 24.9. The van der Waals surface area contributed by atoms with Gasteiger partial charge in [0.25, 0.3) is 0 Å². The minimum Gasteiger partial charge on any atom is 0 e. The predicted octanol–water partition coefficient (Wildman–Crippen LogP) is -2.04. The van der Waals surface area contributed by atoms with Crippen LogP contribution in [0.5, 0.6) is 0 Å². The molecule has 0 aromatic carbocycles. The molecule has 0 fully saturated rings. The van der Waals surface area contributed by atoms with Crippen molar-refractivity contribution in [1.82, 2.24) is 0 Å². The van der Waals surface area contributed by atoms with E-state index < -0.39 is 0 Å². The van der Waals surface area contributed by atoms with Crippen molar-refractivity contribution in [2.45, 2.75) is 0 Å². The smallest absolute Gasteiger partial charge is 0 e. The SMILES string of the molecule is [O]=[AlH].[O]=[AlH].[O]=[Sn].[Zn].[Zn].[Zn]. The summed E-state index contributed by atoms with van der Waals surface area (Å²) >= 11 is 1.52. The van der Waals surface area contributed by atoms with E-state index in [0.29, 0.717) is 55.0 Å². The summed E-state index contributed by atoms with van der Waals surface area (Å²) in [6.45, 7) is 0. The van der Waals surface area contributed by atoms with Gasteiger partial charge in [-0.2, -0.15) is 0 Å². The fourth-order valence-corrected chi connectivity index (χ4v) is 0. The molecular weight excluding hydrogens is 417 g/mol. The summed E-state index contributed by atoms with van der Waals surface area (Å²) in [5, 5.41) is 0. The second-order valence-corrected chi connectivity index (χ2v) is 0. The molecule has 0 bridgehead atoms. The van der Waals surface area contributed by atoms with Gasteiger partial charge in [-0.1, -0.05) is 0 Å². The molecule has 0 spiro atoms. The standard InChI is InChI=1S/2Al.3O.Sn.3Zn.2H. The van der Waals surface area contributed by atoms with Crippen LogP contribution in [0.1, 0.15) is 0 Å². The third kappa shape index (κ3) is 94.6. The molecule has 0 heterocycles. The Morgan fingerprint density at radius 3 is 0.667 bits per heavy atom. The molecule has 0 unspecified atom stereocenters. The zero-order chi connectivity index (χ0) is 6.00. The van der Waals surface area contributed by atoms with Crippen LogP contribution >= 0.6 is 0 Å². The van der Waals surface area contributed by atoms with E-state index in [1.165, 1.54) is 0 Å². The summed E-state index contributed by atoms with van der Waals surface area (Å²) in [5.74, 6) is 0. The Morgan fingerprint density at radius 1 is 0.667 bits per heavy atom. The van der Waals surface area contributed by atoms with Gasteiger partial charge in [-0.05, 0) is 0 Å². The van der Waals surface area contributed by atoms with Gasteiger partial charge in [-0.3, -0.25) is 0 Å². The van der Waals surface area contributed by atoms with Crippen LogP contribution in [-0.4, -0.2) is 55.0 Å². The van der Waals surface area contributed by atoms with Gasteiger partial charge in [0.15, 0.2) is 0 Å². The fourth-order valence-electron chi connectivity index (χ4n) is 0. The Hall–Kier alpha value is 3.13. The van der Waals surface area contributed by atoms with Crippen molar-refractivity contribution in [3.8, 4) is 0 Å². The van der Waals surface area contributed by atoms with Gasteiger partial charge >= 0.3 is 65.6 Å². The van der Waals surface area contributed by atoms with Gasteiger partial charge in [-0.25, -0.2) is 0 Å². The molecule has 0 saturated heterocycles. The molecule has 0 aromatic heterocycles. The Balaban J connectivity index is -0.00000000321. The number of hydrogen-bond donors (Lipinski definition) is 0. The zero-order valence-electron chi connectivity index (χ0n) is 5.26. The van der Waals surface area contributed by atoms with Gasteiger partial charge in [0.2, 0.25) is 0 Å². The summed E-state index contributed by atoms with van der Waals surface area (Å²) in [6.07, 6.45) is 0. The van der Waals surface area contributed by atoms with E-state index in [-0.39, 0.29) is 58.4 Å². The van der Waals surface area contributed by atoms with Gasteiger partial charge in [0, 0.05) is 58.4 Å². The third-order valence-electron chi connectivity index (χ3n) is 0. The van der Waals surface area contributed by atoms with Crippen molar-refractivity contribution in [3.63, 3.8) is 0 Å². The van der Waals surface area contributed by atoms with Crippen LogP contribution in [0.15, 0.2) is 0 Å². The third-order valence-corrected chi connectivity index (χ3v) is 0. The average Bonchev–Trinajstić information content (AvgIpc) is 1.81. The molecule has 3 nitrogen and oxygen atoms in total. The molecule has 0 aromatic rings. The van der Waals surface area contributed by atoms with E-state index in [4.69, 9.17) is 10.7 Å². The quantitative estimate of drug-likeness (QED) is 0.426. The van der Waals surface area contributed by atoms with Crippen LogP contribution in [0.4, 0.5) is 0 Å². The summed E-state index contributed by atoms with van der Waals surface area (Å²) in [6, 6.07) is 0. The molecule has 0 amide bonds. The molecule has 0 rings (SSSR count). The molecule has 9 heteroatoms. The van der Waals surface area contributed by atoms with Crippen molar-refractivity contribution in [1.29, 1.82) is 0 Å². The minimum absolute atomic E-state index is 0. The minimum atomic E-state index is 0. The zero-order valence-corrected chi connectivity index (χ0v) is 19.8. The molecule has 0 N–H and O–H groups in total. The maximum absolute atomic E-state index is 8.34. The molecule has 0 aliphatic heterocycles. The molecule has 36 valence electrons.